The van der Waals surface area contributed by atoms with Crippen LogP contribution in [0.4, 0.5) is 0 Å². The van der Waals surface area contributed by atoms with Gasteiger partial charge in [0.2, 0.25) is 5.91 Å². The van der Waals surface area contributed by atoms with Gasteiger partial charge >= 0.3 is 0 Å². The molecule has 4 rings (SSSR count). The van der Waals surface area contributed by atoms with Crippen LogP contribution >= 0.6 is 11.3 Å². The number of hydrogen-bond acceptors (Lipinski definition) is 3. The molecule has 0 unspecified atom stereocenters. The number of hydrogen-bond donors (Lipinski definition) is 0. The Morgan fingerprint density at radius 1 is 1.29 bits per heavy atom. The SMILES string of the molecule is O=C(C1[C@@H]2CCC[C@@H]12)N(Cc1cccs1)C[C@H]1CCCO1. The van der Waals surface area contributed by atoms with Crippen molar-refractivity contribution in [1.29, 1.82) is 0 Å². The second-order valence-electron chi connectivity index (χ2n) is 6.72. The molecule has 1 aromatic heterocycles. The van der Waals surface area contributed by atoms with Crippen LogP contribution in [0.2, 0.25) is 0 Å². The van der Waals surface area contributed by atoms with E-state index < -0.39 is 0 Å². The van der Waals surface area contributed by atoms with Crippen LogP contribution < -0.4 is 0 Å². The number of fused-ring (bicyclic) bond motifs is 1. The van der Waals surface area contributed by atoms with Gasteiger partial charge in [0, 0.05) is 23.9 Å². The van der Waals surface area contributed by atoms with Gasteiger partial charge in [-0.15, -0.1) is 11.3 Å². The van der Waals surface area contributed by atoms with Crippen LogP contribution in [0, 0.1) is 17.8 Å². The Bertz CT molecular complexity index is 485. The standard InChI is InChI=1S/C17H23NO2S/c19-17(16-14-6-1-7-15(14)16)18(10-12-4-2-8-20-12)11-13-5-3-9-21-13/h3,5,9,12,14-16H,1-2,4,6-8,10-11H2/t12-,14-,15-/m1/s1. The van der Waals surface area contributed by atoms with Gasteiger partial charge in [0.1, 0.15) is 0 Å². The Hall–Kier alpha value is -0.870. The molecule has 2 heterocycles. The van der Waals surface area contributed by atoms with Gasteiger partial charge in [-0.1, -0.05) is 12.5 Å². The molecule has 1 aliphatic heterocycles. The lowest BCUT2D eigenvalue weighted by molar-refractivity contribution is -0.135. The third-order valence-corrected chi connectivity index (χ3v) is 6.24. The van der Waals surface area contributed by atoms with Crippen molar-refractivity contribution in [2.24, 2.45) is 17.8 Å². The molecule has 0 aromatic carbocycles. The van der Waals surface area contributed by atoms with Crippen molar-refractivity contribution in [2.45, 2.75) is 44.8 Å². The van der Waals surface area contributed by atoms with Crippen LogP contribution in [-0.2, 0) is 16.1 Å². The molecule has 3 atom stereocenters. The van der Waals surface area contributed by atoms with E-state index >= 15 is 0 Å². The third-order valence-electron chi connectivity index (χ3n) is 5.38. The van der Waals surface area contributed by atoms with Crippen LogP contribution in [0.25, 0.3) is 0 Å². The van der Waals surface area contributed by atoms with Crippen LogP contribution in [-0.4, -0.2) is 30.1 Å². The Morgan fingerprint density at radius 3 is 2.81 bits per heavy atom. The molecule has 2 saturated carbocycles. The first-order valence-corrected chi connectivity index (χ1v) is 9.13. The van der Waals surface area contributed by atoms with Crippen molar-refractivity contribution in [2.75, 3.05) is 13.2 Å². The molecule has 4 heteroatoms. The quantitative estimate of drug-likeness (QED) is 0.835. The Labute approximate surface area is 130 Å². The average Bonchev–Trinajstić information content (AvgIpc) is 3.05. The first kappa shape index (κ1) is 13.8. The second kappa shape index (κ2) is 5.73. The normalized spacial score (nSPS) is 33.9. The van der Waals surface area contributed by atoms with Gasteiger partial charge in [0.05, 0.1) is 12.6 Å². The summed E-state index contributed by atoms with van der Waals surface area (Å²) >= 11 is 1.75. The summed E-state index contributed by atoms with van der Waals surface area (Å²) in [5.74, 6) is 2.13. The molecule has 0 radical (unpaired) electrons. The summed E-state index contributed by atoms with van der Waals surface area (Å²) in [6.07, 6.45) is 6.37. The van der Waals surface area contributed by atoms with Gasteiger partial charge in [-0.25, -0.2) is 0 Å². The molecule has 1 amide bonds. The first-order valence-electron chi connectivity index (χ1n) is 8.25. The van der Waals surface area contributed by atoms with Gasteiger partial charge in [0.15, 0.2) is 0 Å². The Morgan fingerprint density at radius 2 is 2.14 bits per heavy atom. The highest BCUT2D eigenvalue weighted by Gasteiger charge is 2.57. The summed E-state index contributed by atoms with van der Waals surface area (Å²) in [5.41, 5.74) is 0. The largest absolute Gasteiger partial charge is 0.376 e. The molecular weight excluding hydrogens is 282 g/mol. The fourth-order valence-electron chi connectivity index (χ4n) is 4.26. The molecule has 1 aromatic rings. The molecule has 0 spiro atoms. The number of carbonyl (C=O) groups excluding carboxylic acids is 1. The molecule has 21 heavy (non-hydrogen) atoms. The predicted molar refractivity (Wildman–Crippen MR) is 83.0 cm³/mol. The molecule has 0 bridgehead atoms. The highest BCUT2D eigenvalue weighted by atomic mass is 32.1. The Kier molecular flexibility index (Phi) is 3.76. The zero-order chi connectivity index (χ0) is 14.2. The molecule has 2 aliphatic carbocycles. The van der Waals surface area contributed by atoms with Crippen molar-refractivity contribution in [1.82, 2.24) is 4.90 Å². The maximum atomic E-state index is 12.9. The molecule has 3 nitrogen and oxygen atoms in total. The van der Waals surface area contributed by atoms with E-state index in [1.54, 1.807) is 11.3 Å². The summed E-state index contributed by atoms with van der Waals surface area (Å²) in [4.78, 5) is 16.3. The molecule has 114 valence electrons. The molecule has 1 saturated heterocycles. The lowest BCUT2D eigenvalue weighted by Crippen LogP contribution is -2.38. The number of carbonyl (C=O) groups is 1. The maximum absolute atomic E-state index is 12.9. The summed E-state index contributed by atoms with van der Waals surface area (Å²) in [5, 5.41) is 2.09. The fourth-order valence-corrected chi connectivity index (χ4v) is 4.98. The Balaban J connectivity index is 1.44. The summed E-state index contributed by atoms with van der Waals surface area (Å²) in [7, 11) is 0. The van der Waals surface area contributed by atoms with Crippen LogP contribution in [0.3, 0.4) is 0 Å². The number of ether oxygens (including phenoxy) is 1. The fraction of sp³-hybridized carbons (Fsp3) is 0.706. The molecule has 3 fully saturated rings. The van der Waals surface area contributed by atoms with Gasteiger partial charge < -0.3 is 9.64 Å². The van der Waals surface area contributed by atoms with E-state index in [0.29, 0.717) is 23.7 Å². The minimum Gasteiger partial charge on any atom is -0.376 e. The van der Waals surface area contributed by atoms with Crippen molar-refractivity contribution in [3.8, 4) is 0 Å². The van der Waals surface area contributed by atoms with Crippen molar-refractivity contribution in [3.63, 3.8) is 0 Å². The van der Waals surface area contributed by atoms with Crippen molar-refractivity contribution >= 4 is 17.2 Å². The van der Waals surface area contributed by atoms with E-state index in [-0.39, 0.29) is 6.10 Å². The van der Waals surface area contributed by atoms with Gasteiger partial charge in [0.25, 0.3) is 0 Å². The van der Waals surface area contributed by atoms with Crippen LogP contribution in [0.1, 0.15) is 37.0 Å². The summed E-state index contributed by atoms with van der Waals surface area (Å²) in [6, 6.07) is 4.20. The minimum atomic E-state index is 0.257. The highest BCUT2D eigenvalue weighted by Crippen LogP contribution is 2.58. The van der Waals surface area contributed by atoms with E-state index in [9.17, 15) is 4.79 Å². The van der Waals surface area contributed by atoms with E-state index in [2.05, 4.69) is 22.4 Å². The highest BCUT2D eigenvalue weighted by molar-refractivity contribution is 7.09. The number of rotatable bonds is 5. The third kappa shape index (κ3) is 2.76. The van der Waals surface area contributed by atoms with E-state index in [1.807, 2.05) is 0 Å². The van der Waals surface area contributed by atoms with Crippen molar-refractivity contribution < 1.29 is 9.53 Å². The van der Waals surface area contributed by atoms with Gasteiger partial charge in [-0.3, -0.25) is 4.79 Å². The smallest absolute Gasteiger partial charge is 0.226 e. The minimum absolute atomic E-state index is 0.257. The van der Waals surface area contributed by atoms with Crippen LogP contribution in [0.15, 0.2) is 17.5 Å². The topological polar surface area (TPSA) is 29.5 Å². The maximum Gasteiger partial charge on any atom is 0.226 e. The molecule has 0 N–H and O–H groups in total. The average molecular weight is 305 g/mol. The second-order valence-corrected chi connectivity index (χ2v) is 7.75. The molecule has 3 aliphatic rings. The lowest BCUT2D eigenvalue weighted by atomic mass is 10.1. The monoisotopic (exact) mass is 305 g/mol. The number of amides is 1. The zero-order valence-electron chi connectivity index (χ0n) is 12.4. The number of thiophene rings is 1. The predicted octanol–water partition coefficient (Wildman–Crippen LogP) is 3.30. The number of nitrogens with zero attached hydrogens (tertiary/aromatic N) is 1. The summed E-state index contributed by atoms with van der Waals surface area (Å²) in [6.45, 7) is 2.42. The van der Waals surface area contributed by atoms with Gasteiger partial charge in [-0.2, -0.15) is 0 Å². The van der Waals surface area contributed by atoms with Crippen LogP contribution in [0.5, 0.6) is 0 Å². The molecular formula is C17H23NO2S. The van der Waals surface area contributed by atoms with E-state index in [1.165, 1.54) is 24.1 Å². The first-order chi connectivity index (χ1) is 10.3. The summed E-state index contributed by atoms with van der Waals surface area (Å²) < 4.78 is 5.76. The lowest BCUT2D eigenvalue weighted by Gasteiger charge is -2.26. The van der Waals surface area contributed by atoms with Gasteiger partial charge in [-0.05, 0) is 49.0 Å². The van der Waals surface area contributed by atoms with E-state index in [0.717, 1.165) is 32.5 Å². The van der Waals surface area contributed by atoms with E-state index in [4.69, 9.17) is 4.74 Å². The van der Waals surface area contributed by atoms with Crippen molar-refractivity contribution in [3.05, 3.63) is 22.4 Å². The zero-order valence-corrected chi connectivity index (χ0v) is 13.2.